The van der Waals surface area contributed by atoms with Gasteiger partial charge in [0.1, 0.15) is 17.3 Å². The van der Waals surface area contributed by atoms with Gasteiger partial charge in [0.15, 0.2) is 0 Å². The first kappa shape index (κ1) is 16.5. The monoisotopic (exact) mass is 415 g/mol. The topological polar surface area (TPSA) is 21.3 Å². The van der Waals surface area contributed by atoms with Gasteiger partial charge < -0.3 is 10.1 Å². The third-order valence-electron chi connectivity index (χ3n) is 2.85. The van der Waals surface area contributed by atoms with Crippen molar-refractivity contribution in [1.82, 2.24) is 5.32 Å². The molecule has 112 valence electrons. The van der Waals surface area contributed by atoms with E-state index in [-0.39, 0.29) is 5.82 Å². The van der Waals surface area contributed by atoms with E-state index in [9.17, 15) is 4.39 Å². The Hall–Kier alpha value is -0.910. The molecule has 0 saturated heterocycles. The van der Waals surface area contributed by atoms with Gasteiger partial charge in [-0.05, 0) is 46.3 Å². The Bertz CT molecular complexity index is 632. The van der Waals surface area contributed by atoms with Gasteiger partial charge in [-0.2, -0.15) is 0 Å². The van der Waals surface area contributed by atoms with E-state index < -0.39 is 0 Å². The van der Waals surface area contributed by atoms with E-state index in [0.717, 1.165) is 15.8 Å². The Morgan fingerprint density at radius 2 is 1.90 bits per heavy atom. The normalized spacial score (nSPS) is 11.0. The van der Waals surface area contributed by atoms with Gasteiger partial charge in [-0.15, -0.1) is 0 Å². The van der Waals surface area contributed by atoms with Crippen LogP contribution in [0.3, 0.4) is 0 Å². The predicted octanol–water partition coefficient (Wildman–Crippen LogP) is 5.64. The highest BCUT2D eigenvalue weighted by molar-refractivity contribution is 9.10. The smallest absolute Gasteiger partial charge is 0.137 e. The van der Waals surface area contributed by atoms with Gasteiger partial charge >= 0.3 is 0 Å². The van der Waals surface area contributed by atoms with E-state index in [1.54, 1.807) is 12.1 Å². The molecule has 2 rings (SSSR count). The molecule has 0 spiro atoms. The summed E-state index contributed by atoms with van der Waals surface area (Å²) in [7, 11) is 0. The fraction of sp³-hybridized carbons (Fsp3) is 0.250. The Morgan fingerprint density at radius 1 is 1.14 bits per heavy atom. The molecule has 0 atom stereocenters. The SMILES string of the molecule is CC(C)NCc1ccc(Br)cc1Oc1ccc(F)c(Br)c1. The van der Waals surface area contributed by atoms with Gasteiger partial charge in [-0.1, -0.05) is 35.8 Å². The lowest BCUT2D eigenvalue weighted by molar-refractivity contribution is 0.467. The molecule has 5 heteroatoms. The summed E-state index contributed by atoms with van der Waals surface area (Å²) >= 11 is 6.61. The second kappa shape index (κ2) is 7.38. The van der Waals surface area contributed by atoms with E-state index in [1.165, 1.54) is 6.07 Å². The highest BCUT2D eigenvalue weighted by Crippen LogP contribution is 2.31. The molecular weight excluding hydrogens is 401 g/mol. The molecule has 2 aromatic rings. The van der Waals surface area contributed by atoms with Crippen LogP contribution in [0.2, 0.25) is 0 Å². The van der Waals surface area contributed by atoms with Crippen LogP contribution in [0.25, 0.3) is 0 Å². The van der Waals surface area contributed by atoms with Gasteiger partial charge in [0.05, 0.1) is 4.47 Å². The molecule has 21 heavy (non-hydrogen) atoms. The number of rotatable bonds is 5. The molecule has 1 N–H and O–H groups in total. The Kier molecular flexibility index (Phi) is 5.79. The van der Waals surface area contributed by atoms with Crippen LogP contribution in [0.15, 0.2) is 45.3 Å². The Balaban J connectivity index is 2.24. The van der Waals surface area contributed by atoms with E-state index in [2.05, 4.69) is 51.0 Å². The average molecular weight is 417 g/mol. The molecule has 0 aliphatic carbocycles. The second-order valence-corrected chi connectivity index (χ2v) is 6.74. The summed E-state index contributed by atoms with van der Waals surface area (Å²) in [5.74, 6) is 1.03. The number of ether oxygens (including phenoxy) is 1. The minimum absolute atomic E-state index is 0.307. The number of hydrogen-bond acceptors (Lipinski definition) is 2. The number of nitrogens with one attached hydrogen (secondary N) is 1. The predicted molar refractivity (Wildman–Crippen MR) is 90.3 cm³/mol. The van der Waals surface area contributed by atoms with Crippen molar-refractivity contribution >= 4 is 31.9 Å². The average Bonchev–Trinajstić information content (AvgIpc) is 2.42. The molecule has 0 aromatic heterocycles. The fourth-order valence-electron chi connectivity index (χ4n) is 1.75. The summed E-state index contributed by atoms with van der Waals surface area (Å²) < 4.78 is 20.5. The lowest BCUT2D eigenvalue weighted by atomic mass is 10.2. The molecule has 0 amide bonds. The maximum Gasteiger partial charge on any atom is 0.137 e. The summed E-state index contributed by atoms with van der Waals surface area (Å²) in [5.41, 5.74) is 1.05. The molecule has 0 unspecified atom stereocenters. The van der Waals surface area contributed by atoms with Crippen LogP contribution in [0.1, 0.15) is 19.4 Å². The van der Waals surface area contributed by atoms with Crippen molar-refractivity contribution in [2.75, 3.05) is 0 Å². The first-order valence-electron chi connectivity index (χ1n) is 6.60. The minimum Gasteiger partial charge on any atom is -0.457 e. The van der Waals surface area contributed by atoms with Gasteiger partial charge in [0.25, 0.3) is 0 Å². The van der Waals surface area contributed by atoms with Crippen LogP contribution in [-0.2, 0) is 6.54 Å². The molecule has 0 fully saturated rings. The van der Waals surface area contributed by atoms with Crippen molar-refractivity contribution in [2.45, 2.75) is 26.4 Å². The van der Waals surface area contributed by atoms with Crippen molar-refractivity contribution < 1.29 is 9.13 Å². The molecule has 0 heterocycles. The zero-order valence-corrected chi connectivity index (χ0v) is 15.0. The summed E-state index contributed by atoms with van der Waals surface area (Å²) in [6.45, 7) is 4.90. The summed E-state index contributed by atoms with van der Waals surface area (Å²) in [6, 6.07) is 10.9. The first-order valence-corrected chi connectivity index (χ1v) is 8.19. The van der Waals surface area contributed by atoms with Crippen LogP contribution in [0.4, 0.5) is 4.39 Å². The van der Waals surface area contributed by atoms with Crippen molar-refractivity contribution in [2.24, 2.45) is 0 Å². The van der Waals surface area contributed by atoms with E-state index >= 15 is 0 Å². The summed E-state index contributed by atoms with van der Waals surface area (Å²) in [6.07, 6.45) is 0. The fourth-order valence-corrected chi connectivity index (χ4v) is 2.45. The molecule has 2 nitrogen and oxygen atoms in total. The molecule has 0 bridgehead atoms. The summed E-state index contributed by atoms with van der Waals surface area (Å²) in [4.78, 5) is 0. The van der Waals surface area contributed by atoms with Crippen molar-refractivity contribution in [1.29, 1.82) is 0 Å². The van der Waals surface area contributed by atoms with Crippen molar-refractivity contribution in [3.63, 3.8) is 0 Å². The van der Waals surface area contributed by atoms with Crippen LogP contribution < -0.4 is 10.1 Å². The van der Waals surface area contributed by atoms with Gasteiger partial charge in [0.2, 0.25) is 0 Å². The maximum absolute atomic E-state index is 13.3. The standard InChI is InChI=1S/C16H16Br2FNO/c1-10(2)20-9-11-3-4-12(17)7-16(11)21-13-5-6-15(19)14(18)8-13/h3-8,10,20H,9H2,1-2H3. The third-order valence-corrected chi connectivity index (χ3v) is 3.95. The van der Waals surface area contributed by atoms with E-state index in [1.807, 2.05) is 18.2 Å². The second-order valence-electron chi connectivity index (χ2n) is 4.97. The van der Waals surface area contributed by atoms with Crippen LogP contribution in [0.5, 0.6) is 11.5 Å². The van der Waals surface area contributed by atoms with Crippen LogP contribution >= 0.6 is 31.9 Å². The minimum atomic E-state index is -0.307. The number of halogens is 3. The van der Waals surface area contributed by atoms with E-state index in [0.29, 0.717) is 22.8 Å². The quantitative estimate of drug-likeness (QED) is 0.680. The molecule has 0 saturated carbocycles. The van der Waals surface area contributed by atoms with Crippen molar-refractivity contribution in [3.8, 4) is 11.5 Å². The molecule has 2 aromatic carbocycles. The van der Waals surface area contributed by atoms with Crippen molar-refractivity contribution in [3.05, 3.63) is 56.7 Å². The number of benzene rings is 2. The lowest BCUT2D eigenvalue weighted by Gasteiger charge is -2.14. The molecular formula is C16H16Br2FNO. The molecule has 0 aliphatic heterocycles. The van der Waals surface area contributed by atoms with Gasteiger partial charge in [-0.25, -0.2) is 4.39 Å². The molecule has 0 aliphatic rings. The highest BCUT2D eigenvalue weighted by Gasteiger charge is 2.08. The lowest BCUT2D eigenvalue weighted by Crippen LogP contribution is -2.22. The molecule has 0 radical (unpaired) electrons. The Labute approximate surface area is 141 Å². The zero-order valence-electron chi connectivity index (χ0n) is 11.8. The first-order chi connectivity index (χ1) is 9.95. The maximum atomic E-state index is 13.3. The summed E-state index contributed by atoms with van der Waals surface area (Å²) in [5, 5.41) is 3.36. The Morgan fingerprint density at radius 3 is 2.57 bits per heavy atom. The van der Waals surface area contributed by atoms with E-state index in [4.69, 9.17) is 4.74 Å². The van der Waals surface area contributed by atoms with Gasteiger partial charge in [-0.3, -0.25) is 0 Å². The number of hydrogen-bond donors (Lipinski definition) is 1. The largest absolute Gasteiger partial charge is 0.457 e. The van der Waals surface area contributed by atoms with Gasteiger partial charge in [0, 0.05) is 22.6 Å². The van der Waals surface area contributed by atoms with Crippen LogP contribution in [-0.4, -0.2) is 6.04 Å². The zero-order chi connectivity index (χ0) is 15.4. The third kappa shape index (κ3) is 4.80. The highest BCUT2D eigenvalue weighted by atomic mass is 79.9. The van der Waals surface area contributed by atoms with Crippen LogP contribution in [0, 0.1) is 5.82 Å².